The van der Waals surface area contributed by atoms with E-state index in [-0.39, 0.29) is 17.7 Å². The first-order chi connectivity index (χ1) is 14.0. The Hall–Kier alpha value is -2.89. The van der Waals surface area contributed by atoms with Gasteiger partial charge in [-0.15, -0.1) is 0 Å². The van der Waals surface area contributed by atoms with Crippen LogP contribution in [-0.2, 0) is 16.1 Å². The molecule has 4 rings (SSSR count). The number of amides is 2. The van der Waals surface area contributed by atoms with Gasteiger partial charge in [-0.1, -0.05) is 12.1 Å². The van der Waals surface area contributed by atoms with Gasteiger partial charge in [0.2, 0.25) is 11.8 Å². The summed E-state index contributed by atoms with van der Waals surface area (Å²) in [6.07, 6.45) is 3.78. The highest BCUT2D eigenvalue weighted by Crippen LogP contribution is 2.26. The number of carbonyl (C=O) groups is 2. The summed E-state index contributed by atoms with van der Waals surface area (Å²) in [7, 11) is 0. The molecule has 1 aromatic heterocycles. The third-order valence-electron chi connectivity index (χ3n) is 6.19. The molecule has 2 aliphatic heterocycles. The number of piperazine rings is 1. The second kappa shape index (κ2) is 8.23. The van der Waals surface area contributed by atoms with Gasteiger partial charge in [-0.05, 0) is 48.7 Å². The van der Waals surface area contributed by atoms with E-state index in [1.165, 1.54) is 16.8 Å². The molecule has 0 N–H and O–H groups in total. The van der Waals surface area contributed by atoms with E-state index in [4.69, 9.17) is 0 Å². The van der Waals surface area contributed by atoms with Crippen LogP contribution in [0.2, 0.25) is 0 Å². The molecule has 0 saturated carbocycles. The van der Waals surface area contributed by atoms with Crippen LogP contribution in [-0.4, -0.2) is 59.3 Å². The summed E-state index contributed by atoms with van der Waals surface area (Å²) in [4.78, 5) is 35.6. The van der Waals surface area contributed by atoms with Gasteiger partial charge in [-0.3, -0.25) is 14.6 Å². The maximum atomic E-state index is 13.0. The van der Waals surface area contributed by atoms with Gasteiger partial charge in [0.1, 0.15) is 0 Å². The Balaban J connectivity index is 1.34. The summed E-state index contributed by atoms with van der Waals surface area (Å²) in [5.74, 6) is -0.0398. The number of nitrogens with zero attached hydrogens (tertiary/aromatic N) is 4. The van der Waals surface area contributed by atoms with Crippen molar-refractivity contribution in [2.24, 2.45) is 5.92 Å². The Labute approximate surface area is 172 Å². The van der Waals surface area contributed by atoms with Crippen molar-refractivity contribution < 1.29 is 9.59 Å². The van der Waals surface area contributed by atoms with Crippen molar-refractivity contribution in [2.75, 3.05) is 37.6 Å². The van der Waals surface area contributed by atoms with E-state index in [1.54, 1.807) is 17.3 Å². The van der Waals surface area contributed by atoms with Crippen molar-refractivity contribution in [1.29, 1.82) is 0 Å². The summed E-state index contributed by atoms with van der Waals surface area (Å²) in [5, 5.41) is 0. The predicted octanol–water partition coefficient (Wildman–Crippen LogP) is 2.40. The third kappa shape index (κ3) is 4.11. The van der Waals surface area contributed by atoms with E-state index < -0.39 is 0 Å². The molecule has 1 atom stereocenters. The molecule has 0 spiro atoms. The topological polar surface area (TPSA) is 56.8 Å². The molecule has 0 bridgehead atoms. The van der Waals surface area contributed by atoms with Gasteiger partial charge in [-0.25, -0.2) is 0 Å². The van der Waals surface area contributed by atoms with Crippen molar-refractivity contribution in [2.45, 2.75) is 26.8 Å². The maximum absolute atomic E-state index is 13.0. The molecule has 0 radical (unpaired) electrons. The molecule has 6 nitrogen and oxygen atoms in total. The number of likely N-dealkylation sites (tertiary alicyclic amines) is 1. The Morgan fingerprint density at radius 1 is 1.07 bits per heavy atom. The molecule has 1 aromatic carbocycles. The van der Waals surface area contributed by atoms with Gasteiger partial charge >= 0.3 is 0 Å². The summed E-state index contributed by atoms with van der Waals surface area (Å²) < 4.78 is 0. The molecule has 2 aliphatic rings. The van der Waals surface area contributed by atoms with Crippen LogP contribution in [0.1, 0.15) is 23.1 Å². The van der Waals surface area contributed by atoms with Crippen LogP contribution in [0.15, 0.2) is 42.7 Å². The fourth-order valence-corrected chi connectivity index (χ4v) is 4.30. The minimum Gasteiger partial charge on any atom is -0.368 e. The van der Waals surface area contributed by atoms with Crippen LogP contribution < -0.4 is 4.90 Å². The van der Waals surface area contributed by atoms with Crippen molar-refractivity contribution >= 4 is 17.5 Å². The Bertz CT molecular complexity index is 891. The number of aromatic nitrogens is 1. The minimum absolute atomic E-state index is 0.0641. The zero-order valence-electron chi connectivity index (χ0n) is 17.2. The standard InChI is InChI=1S/C23H28N4O2/c1-17-4-3-5-21(18(17)2)25-10-12-26(13-11-25)23(29)20-14-22(28)27(16-20)15-19-6-8-24-9-7-19/h3-9,20H,10-16H2,1-2H3. The SMILES string of the molecule is Cc1cccc(N2CCN(C(=O)C3CC(=O)N(Cc4ccncc4)C3)CC2)c1C. The number of anilines is 1. The quantitative estimate of drug-likeness (QED) is 0.802. The van der Waals surface area contributed by atoms with Crippen LogP contribution in [0.5, 0.6) is 0 Å². The van der Waals surface area contributed by atoms with Crippen LogP contribution in [0, 0.1) is 19.8 Å². The molecule has 2 fully saturated rings. The lowest BCUT2D eigenvalue weighted by atomic mass is 10.1. The molecule has 2 amide bonds. The molecule has 152 valence electrons. The number of rotatable bonds is 4. The molecule has 29 heavy (non-hydrogen) atoms. The molecule has 3 heterocycles. The Morgan fingerprint density at radius 2 is 1.79 bits per heavy atom. The normalized spacial score (nSPS) is 19.7. The highest BCUT2D eigenvalue weighted by atomic mass is 16.2. The fraction of sp³-hybridized carbons (Fsp3) is 0.435. The van der Waals surface area contributed by atoms with Gasteiger partial charge < -0.3 is 14.7 Å². The summed E-state index contributed by atoms with van der Waals surface area (Å²) in [6, 6.07) is 10.2. The molecular formula is C23H28N4O2. The Morgan fingerprint density at radius 3 is 2.52 bits per heavy atom. The monoisotopic (exact) mass is 392 g/mol. The lowest BCUT2D eigenvalue weighted by Crippen LogP contribution is -2.50. The lowest BCUT2D eigenvalue weighted by Gasteiger charge is -2.38. The second-order valence-electron chi connectivity index (χ2n) is 8.06. The largest absolute Gasteiger partial charge is 0.368 e. The number of benzene rings is 1. The van der Waals surface area contributed by atoms with Crippen LogP contribution in [0.3, 0.4) is 0 Å². The van der Waals surface area contributed by atoms with E-state index in [0.29, 0.717) is 32.6 Å². The first-order valence-electron chi connectivity index (χ1n) is 10.3. The highest BCUT2D eigenvalue weighted by Gasteiger charge is 2.37. The summed E-state index contributed by atoms with van der Waals surface area (Å²) in [6.45, 7) is 8.43. The van der Waals surface area contributed by atoms with Crippen LogP contribution in [0.25, 0.3) is 0 Å². The first kappa shape index (κ1) is 19.4. The molecule has 1 unspecified atom stereocenters. The molecular weight excluding hydrogens is 364 g/mol. The zero-order valence-corrected chi connectivity index (χ0v) is 17.2. The number of aryl methyl sites for hydroxylation is 1. The van der Waals surface area contributed by atoms with Gasteiger partial charge in [0, 0.05) is 63.8 Å². The fourth-order valence-electron chi connectivity index (χ4n) is 4.30. The number of hydrogen-bond acceptors (Lipinski definition) is 4. The average molecular weight is 393 g/mol. The number of pyridine rings is 1. The average Bonchev–Trinajstić information content (AvgIpc) is 3.11. The minimum atomic E-state index is -0.225. The molecule has 2 aromatic rings. The molecule has 0 aliphatic carbocycles. The van der Waals surface area contributed by atoms with Gasteiger partial charge in [0.15, 0.2) is 0 Å². The smallest absolute Gasteiger partial charge is 0.228 e. The van der Waals surface area contributed by atoms with E-state index in [0.717, 1.165) is 18.7 Å². The molecule has 6 heteroatoms. The van der Waals surface area contributed by atoms with E-state index >= 15 is 0 Å². The summed E-state index contributed by atoms with van der Waals surface area (Å²) >= 11 is 0. The second-order valence-corrected chi connectivity index (χ2v) is 8.06. The van der Waals surface area contributed by atoms with Crippen molar-refractivity contribution in [3.05, 3.63) is 59.4 Å². The highest BCUT2D eigenvalue weighted by molar-refractivity contribution is 5.89. The van der Waals surface area contributed by atoms with E-state index in [9.17, 15) is 9.59 Å². The summed E-state index contributed by atoms with van der Waals surface area (Å²) in [5.41, 5.74) is 4.90. The third-order valence-corrected chi connectivity index (χ3v) is 6.19. The van der Waals surface area contributed by atoms with Crippen LogP contribution >= 0.6 is 0 Å². The lowest BCUT2D eigenvalue weighted by molar-refractivity contribution is -0.136. The predicted molar refractivity (Wildman–Crippen MR) is 112 cm³/mol. The Kier molecular flexibility index (Phi) is 5.51. The zero-order chi connectivity index (χ0) is 20.4. The van der Waals surface area contributed by atoms with E-state index in [1.807, 2.05) is 17.0 Å². The van der Waals surface area contributed by atoms with E-state index in [2.05, 4.69) is 41.9 Å². The van der Waals surface area contributed by atoms with Crippen LogP contribution in [0.4, 0.5) is 5.69 Å². The van der Waals surface area contributed by atoms with Crippen molar-refractivity contribution in [3.8, 4) is 0 Å². The van der Waals surface area contributed by atoms with Crippen molar-refractivity contribution in [3.63, 3.8) is 0 Å². The van der Waals surface area contributed by atoms with Gasteiger partial charge in [0.05, 0.1) is 5.92 Å². The maximum Gasteiger partial charge on any atom is 0.228 e. The van der Waals surface area contributed by atoms with Gasteiger partial charge in [0.25, 0.3) is 0 Å². The number of carbonyl (C=O) groups excluding carboxylic acids is 2. The number of hydrogen-bond donors (Lipinski definition) is 0. The first-order valence-corrected chi connectivity index (χ1v) is 10.3. The van der Waals surface area contributed by atoms with Crippen molar-refractivity contribution in [1.82, 2.24) is 14.8 Å². The van der Waals surface area contributed by atoms with Gasteiger partial charge in [-0.2, -0.15) is 0 Å². The molecule has 2 saturated heterocycles.